The van der Waals surface area contributed by atoms with Crippen molar-refractivity contribution in [1.29, 1.82) is 5.26 Å². The number of nitrogens with one attached hydrogen (secondary N) is 1. The second-order valence-corrected chi connectivity index (χ2v) is 7.57. The van der Waals surface area contributed by atoms with E-state index < -0.39 is 0 Å². The highest BCUT2D eigenvalue weighted by Crippen LogP contribution is 2.30. The largest absolute Gasteiger partial charge is 0.457 e. The molecule has 1 saturated carbocycles. The van der Waals surface area contributed by atoms with Crippen molar-refractivity contribution in [3.8, 4) is 17.4 Å². The molecular formula is C20H18BrClN2O2. The third kappa shape index (κ3) is 4.57. The Morgan fingerprint density at radius 1 is 1.27 bits per heavy atom. The molecular weight excluding hydrogens is 416 g/mol. The first-order valence-corrected chi connectivity index (χ1v) is 9.72. The zero-order chi connectivity index (χ0) is 18.5. The van der Waals surface area contributed by atoms with Gasteiger partial charge >= 0.3 is 0 Å². The maximum Gasteiger partial charge on any atom is 0.262 e. The number of hydrogen-bond acceptors (Lipinski definition) is 3. The molecule has 1 aliphatic carbocycles. The summed E-state index contributed by atoms with van der Waals surface area (Å²) in [5.74, 6) is 0.731. The molecule has 0 spiro atoms. The fourth-order valence-electron chi connectivity index (χ4n) is 3.04. The number of halogens is 2. The standard InChI is InChI=1S/C20H18BrClN2O2/c21-17-8-6-13(11-18(17)22)19-9-7-16(26-19)10-14(12-23)20(25)24-15-4-2-1-3-5-15/h6-11,15H,1-5H2,(H,24,25)/b14-10+. The minimum atomic E-state index is -0.343. The van der Waals surface area contributed by atoms with Crippen molar-refractivity contribution >= 4 is 39.5 Å². The van der Waals surface area contributed by atoms with Crippen LogP contribution < -0.4 is 5.32 Å². The zero-order valence-electron chi connectivity index (χ0n) is 14.1. The van der Waals surface area contributed by atoms with Crippen LogP contribution in [0.4, 0.5) is 0 Å². The van der Waals surface area contributed by atoms with Crippen molar-refractivity contribution in [3.05, 3.63) is 51.2 Å². The molecule has 2 aromatic rings. The van der Waals surface area contributed by atoms with Crippen LogP contribution in [0.15, 0.2) is 44.8 Å². The van der Waals surface area contributed by atoms with Crippen molar-refractivity contribution in [1.82, 2.24) is 5.32 Å². The Morgan fingerprint density at radius 3 is 2.73 bits per heavy atom. The fraction of sp³-hybridized carbons (Fsp3) is 0.300. The van der Waals surface area contributed by atoms with Gasteiger partial charge in [0.1, 0.15) is 23.2 Å². The van der Waals surface area contributed by atoms with Crippen LogP contribution in [-0.2, 0) is 4.79 Å². The Balaban J connectivity index is 1.75. The van der Waals surface area contributed by atoms with E-state index in [-0.39, 0.29) is 17.5 Å². The number of hydrogen-bond donors (Lipinski definition) is 1. The molecule has 0 saturated heterocycles. The van der Waals surface area contributed by atoms with E-state index in [1.165, 1.54) is 12.5 Å². The maximum absolute atomic E-state index is 12.3. The van der Waals surface area contributed by atoms with Crippen molar-refractivity contribution in [2.45, 2.75) is 38.1 Å². The second kappa shape index (κ2) is 8.57. The van der Waals surface area contributed by atoms with Gasteiger partial charge in [-0.2, -0.15) is 5.26 Å². The van der Waals surface area contributed by atoms with Gasteiger partial charge in [0, 0.05) is 22.2 Å². The van der Waals surface area contributed by atoms with Crippen LogP contribution in [0.25, 0.3) is 17.4 Å². The van der Waals surface area contributed by atoms with Crippen LogP contribution in [0, 0.1) is 11.3 Å². The van der Waals surface area contributed by atoms with Gasteiger partial charge in [-0.05, 0) is 53.0 Å². The summed E-state index contributed by atoms with van der Waals surface area (Å²) in [7, 11) is 0. The molecule has 0 unspecified atom stereocenters. The number of benzene rings is 1. The average Bonchev–Trinajstić information content (AvgIpc) is 3.11. The quantitative estimate of drug-likeness (QED) is 0.495. The van der Waals surface area contributed by atoms with Crippen molar-refractivity contribution in [2.75, 3.05) is 0 Å². The van der Waals surface area contributed by atoms with E-state index in [1.807, 2.05) is 18.2 Å². The van der Waals surface area contributed by atoms with Gasteiger partial charge in [0.2, 0.25) is 0 Å². The van der Waals surface area contributed by atoms with Crippen LogP contribution in [0.1, 0.15) is 37.9 Å². The minimum absolute atomic E-state index is 0.0466. The van der Waals surface area contributed by atoms with E-state index in [1.54, 1.807) is 18.2 Å². The van der Waals surface area contributed by atoms with E-state index in [4.69, 9.17) is 16.0 Å². The minimum Gasteiger partial charge on any atom is -0.457 e. The predicted octanol–water partition coefficient (Wildman–Crippen LogP) is 5.72. The van der Waals surface area contributed by atoms with Gasteiger partial charge in [-0.25, -0.2) is 0 Å². The molecule has 1 fully saturated rings. The SMILES string of the molecule is N#C/C(=C\c1ccc(-c2ccc(Br)c(Cl)c2)o1)C(=O)NC1CCCCC1. The summed E-state index contributed by atoms with van der Waals surface area (Å²) in [4.78, 5) is 12.3. The van der Waals surface area contributed by atoms with E-state index in [2.05, 4.69) is 21.2 Å². The van der Waals surface area contributed by atoms with E-state index in [0.29, 0.717) is 16.5 Å². The van der Waals surface area contributed by atoms with E-state index in [9.17, 15) is 10.1 Å². The molecule has 0 radical (unpaired) electrons. The van der Waals surface area contributed by atoms with Gasteiger partial charge < -0.3 is 9.73 Å². The lowest BCUT2D eigenvalue weighted by atomic mass is 9.95. The Hall–Kier alpha value is -2.03. The lowest BCUT2D eigenvalue weighted by Gasteiger charge is -2.22. The summed E-state index contributed by atoms with van der Waals surface area (Å²) in [6.07, 6.45) is 6.87. The van der Waals surface area contributed by atoms with Crippen molar-refractivity contribution < 1.29 is 9.21 Å². The first-order chi connectivity index (χ1) is 12.6. The molecule has 0 atom stereocenters. The average molecular weight is 434 g/mol. The van der Waals surface area contributed by atoms with Crippen molar-refractivity contribution in [3.63, 3.8) is 0 Å². The van der Waals surface area contributed by atoms with Gasteiger partial charge in [0.15, 0.2) is 0 Å². The third-order valence-electron chi connectivity index (χ3n) is 4.42. The summed E-state index contributed by atoms with van der Waals surface area (Å²) in [5.41, 5.74) is 0.869. The molecule has 134 valence electrons. The highest BCUT2D eigenvalue weighted by atomic mass is 79.9. The molecule has 4 nitrogen and oxygen atoms in total. The Kier molecular flexibility index (Phi) is 6.18. The molecule has 1 aromatic carbocycles. The lowest BCUT2D eigenvalue weighted by molar-refractivity contribution is -0.117. The molecule has 1 aliphatic rings. The summed E-state index contributed by atoms with van der Waals surface area (Å²) in [6.45, 7) is 0. The van der Waals surface area contributed by atoms with Crippen molar-refractivity contribution in [2.24, 2.45) is 0 Å². The number of furan rings is 1. The smallest absolute Gasteiger partial charge is 0.262 e. The molecule has 6 heteroatoms. The zero-order valence-corrected chi connectivity index (χ0v) is 16.4. The number of carbonyl (C=O) groups excluding carboxylic acids is 1. The van der Waals surface area contributed by atoms with Crippen LogP contribution in [0.5, 0.6) is 0 Å². The van der Waals surface area contributed by atoms with Gasteiger partial charge in [-0.15, -0.1) is 0 Å². The summed E-state index contributed by atoms with van der Waals surface area (Å²) >= 11 is 9.47. The summed E-state index contributed by atoms with van der Waals surface area (Å²) in [6, 6.07) is 11.2. The summed E-state index contributed by atoms with van der Waals surface area (Å²) in [5, 5.41) is 12.9. The molecule has 3 rings (SSSR count). The first-order valence-electron chi connectivity index (χ1n) is 8.55. The predicted molar refractivity (Wildman–Crippen MR) is 105 cm³/mol. The first kappa shape index (κ1) is 18.8. The van der Waals surface area contributed by atoms with Gasteiger partial charge in [0.25, 0.3) is 5.91 Å². The molecule has 0 aliphatic heterocycles. The van der Waals surface area contributed by atoms with Crippen LogP contribution in [-0.4, -0.2) is 11.9 Å². The molecule has 26 heavy (non-hydrogen) atoms. The normalized spacial score (nSPS) is 15.5. The number of amides is 1. The Labute approximate surface area is 166 Å². The molecule has 0 bridgehead atoms. The summed E-state index contributed by atoms with van der Waals surface area (Å²) < 4.78 is 6.56. The molecule has 1 aromatic heterocycles. The number of carbonyl (C=O) groups is 1. The Bertz CT molecular complexity index is 876. The number of nitrogens with zero attached hydrogens (tertiary/aromatic N) is 1. The monoisotopic (exact) mass is 432 g/mol. The van der Waals surface area contributed by atoms with Gasteiger partial charge in [-0.3, -0.25) is 4.79 Å². The van der Waals surface area contributed by atoms with E-state index >= 15 is 0 Å². The fourth-order valence-corrected chi connectivity index (χ4v) is 3.46. The number of nitriles is 1. The van der Waals surface area contributed by atoms with Gasteiger partial charge in [0.05, 0.1) is 5.02 Å². The molecule has 1 N–H and O–H groups in total. The highest BCUT2D eigenvalue weighted by molar-refractivity contribution is 9.10. The van der Waals surface area contributed by atoms with Crippen LogP contribution >= 0.6 is 27.5 Å². The topological polar surface area (TPSA) is 66.0 Å². The van der Waals surface area contributed by atoms with Gasteiger partial charge in [-0.1, -0.05) is 36.9 Å². The molecule has 1 amide bonds. The van der Waals surface area contributed by atoms with Crippen LogP contribution in [0.3, 0.4) is 0 Å². The third-order valence-corrected chi connectivity index (χ3v) is 5.66. The van der Waals surface area contributed by atoms with Crippen LogP contribution in [0.2, 0.25) is 5.02 Å². The maximum atomic E-state index is 12.3. The van der Waals surface area contributed by atoms with E-state index in [0.717, 1.165) is 35.7 Å². The second-order valence-electron chi connectivity index (χ2n) is 6.31. The number of rotatable bonds is 4. The highest BCUT2D eigenvalue weighted by Gasteiger charge is 2.18. The lowest BCUT2D eigenvalue weighted by Crippen LogP contribution is -2.36. The molecule has 1 heterocycles. The Morgan fingerprint density at radius 2 is 2.04 bits per heavy atom.